The van der Waals surface area contributed by atoms with Crippen LogP contribution in [0.2, 0.25) is 0 Å². The van der Waals surface area contributed by atoms with Crippen molar-refractivity contribution in [1.82, 2.24) is 14.9 Å². The van der Waals surface area contributed by atoms with Gasteiger partial charge in [-0.2, -0.15) is 4.98 Å². The van der Waals surface area contributed by atoms with Crippen molar-refractivity contribution in [3.63, 3.8) is 0 Å². The smallest absolute Gasteiger partial charge is 0.410 e. The highest BCUT2D eigenvalue weighted by atomic mass is 16.6. The van der Waals surface area contributed by atoms with Crippen LogP contribution < -0.4 is 9.64 Å². The van der Waals surface area contributed by atoms with Crippen LogP contribution in [0.4, 0.5) is 10.6 Å². The maximum absolute atomic E-state index is 12.3. The molecule has 7 nitrogen and oxygen atoms in total. The van der Waals surface area contributed by atoms with Gasteiger partial charge in [0.15, 0.2) is 0 Å². The van der Waals surface area contributed by atoms with Crippen LogP contribution in [0.3, 0.4) is 0 Å². The number of piperidine rings is 2. The Hall–Kier alpha value is -2.05. The van der Waals surface area contributed by atoms with Gasteiger partial charge in [-0.1, -0.05) is 13.3 Å². The molecule has 1 aromatic rings. The Labute approximate surface area is 181 Å². The minimum Gasteiger partial charge on any atom is -0.463 e. The number of hydrogen-bond acceptors (Lipinski definition) is 6. The summed E-state index contributed by atoms with van der Waals surface area (Å²) in [5, 5.41) is 0. The Balaban J connectivity index is 1.44. The van der Waals surface area contributed by atoms with Gasteiger partial charge in [-0.15, -0.1) is 0 Å². The van der Waals surface area contributed by atoms with Crippen molar-refractivity contribution in [3.8, 4) is 6.01 Å². The van der Waals surface area contributed by atoms with Gasteiger partial charge < -0.3 is 19.3 Å². The molecule has 0 radical (unpaired) electrons. The third kappa shape index (κ3) is 6.47. The molecule has 0 aliphatic carbocycles. The van der Waals surface area contributed by atoms with Crippen molar-refractivity contribution in [3.05, 3.63) is 12.3 Å². The molecule has 0 spiro atoms. The van der Waals surface area contributed by atoms with Crippen molar-refractivity contribution < 1.29 is 14.3 Å². The summed E-state index contributed by atoms with van der Waals surface area (Å²) >= 11 is 0. The molecule has 3 rings (SSSR count). The highest BCUT2D eigenvalue weighted by Gasteiger charge is 2.32. The van der Waals surface area contributed by atoms with Gasteiger partial charge in [0, 0.05) is 32.4 Å². The first kappa shape index (κ1) is 22.6. The second-order valence-electron chi connectivity index (χ2n) is 9.53. The number of carbonyl (C=O) groups excluding carboxylic acids is 1. The van der Waals surface area contributed by atoms with Gasteiger partial charge in [0.2, 0.25) is 0 Å². The van der Waals surface area contributed by atoms with Gasteiger partial charge in [-0.05, 0) is 70.8 Å². The summed E-state index contributed by atoms with van der Waals surface area (Å²) in [6.45, 7) is 12.2. The molecule has 2 aliphatic heterocycles. The van der Waals surface area contributed by atoms with E-state index in [1.54, 1.807) is 6.20 Å². The number of rotatable bonds is 6. The summed E-state index contributed by atoms with van der Waals surface area (Å²) in [7, 11) is 0. The number of hydrogen-bond donors (Lipinski definition) is 0. The monoisotopic (exact) mass is 418 g/mol. The van der Waals surface area contributed by atoms with Crippen LogP contribution in [-0.2, 0) is 4.74 Å². The van der Waals surface area contributed by atoms with Gasteiger partial charge >= 0.3 is 12.1 Å². The number of anilines is 1. The van der Waals surface area contributed by atoms with Crippen molar-refractivity contribution in [1.29, 1.82) is 0 Å². The van der Waals surface area contributed by atoms with Crippen molar-refractivity contribution in [2.75, 3.05) is 37.7 Å². The maximum Gasteiger partial charge on any atom is 0.410 e. The van der Waals surface area contributed by atoms with E-state index in [-0.39, 0.29) is 6.09 Å². The number of aromatic nitrogens is 2. The number of unbranched alkanes of at least 4 members (excludes halogenated alkanes) is 1. The zero-order valence-corrected chi connectivity index (χ0v) is 19.1. The molecule has 0 N–H and O–H groups in total. The van der Waals surface area contributed by atoms with E-state index in [4.69, 9.17) is 9.47 Å². The molecule has 0 unspecified atom stereocenters. The molecule has 2 fully saturated rings. The van der Waals surface area contributed by atoms with Gasteiger partial charge in [0.25, 0.3) is 0 Å². The van der Waals surface area contributed by atoms with Gasteiger partial charge in [-0.3, -0.25) is 0 Å². The van der Waals surface area contributed by atoms with Crippen LogP contribution in [0.5, 0.6) is 6.01 Å². The first-order valence-corrected chi connectivity index (χ1v) is 11.5. The van der Waals surface area contributed by atoms with E-state index in [1.807, 2.05) is 31.7 Å². The largest absolute Gasteiger partial charge is 0.463 e. The molecule has 1 aromatic heterocycles. The molecule has 3 heterocycles. The second-order valence-corrected chi connectivity index (χ2v) is 9.53. The van der Waals surface area contributed by atoms with Crippen LogP contribution in [0, 0.1) is 11.8 Å². The summed E-state index contributed by atoms with van der Waals surface area (Å²) in [5.74, 6) is 2.39. The molecular formula is C23H38N4O3. The van der Waals surface area contributed by atoms with Crippen LogP contribution in [0.25, 0.3) is 0 Å². The fraction of sp³-hybridized carbons (Fsp3) is 0.783. The number of amides is 1. The average molecular weight is 419 g/mol. The number of likely N-dealkylation sites (tertiary alicyclic amines) is 1. The molecule has 2 saturated heterocycles. The van der Waals surface area contributed by atoms with E-state index in [9.17, 15) is 4.79 Å². The average Bonchev–Trinajstić information content (AvgIpc) is 2.73. The molecule has 168 valence electrons. The lowest BCUT2D eigenvalue weighted by atomic mass is 9.79. The van der Waals surface area contributed by atoms with E-state index in [1.165, 1.54) is 12.8 Å². The summed E-state index contributed by atoms with van der Waals surface area (Å²) in [5.41, 5.74) is -0.428. The second kappa shape index (κ2) is 10.3. The third-order valence-electron chi connectivity index (χ3n) is 6.07. The van der Waals surface area contributed by atoms with Crippen molar-refractivity contribution in [2.24, 2.45) is 11.8 Å². The van der Waals surface area contributed by atoms with Crippen LogP contribution in [-0.4, -0.2) is 59.3 Å². The normalized spacial score (nSPS) is 19.1. The van der Waals surface area contributed by atoms with E-state index in [0.29, 0.717) is 18.5 Å². The minimum absolute atomic E-state index is 0.170. The summed E-state index contributed by atoms with van der Waals surface area (Å²) in [6, 6.07) is 2.46. The number of carbonyl (C=O) groups is 1. The molecule has 1 amide bonds. The quantitative estimate of drug-likeness (QED) is 0.633. The first-order chi connectivity index (χ1) is 14.4. The summed E-state index contributed by atoms with van der Waals surface area (Å²) < 4.78 is 11.2. The molecule has 30 heavy (non-hydrogen) atoms. The highest BCUT2D eigenvalue weighted by molar-refractivity contribution is 5.68. The van der Waals surface area contributed by atoms with Crippen LogP contribution >= 0.6 is 0 Å². The molecule has 7 heteroatoms. The minimum atomic E-state index is -0.428. The Morgan fingerprint density at radius 3 is 2.33 bits per heavy atom. The SMILES string of the molecule is CCCCOc1nccc(N2CCC(C3CCN(C(=O)OC(C)(C)C)CC3)CC2)n1. The van der Waals surface area contributed by atoms with Gasteiger partial charge in [0.1, 0.15) is 11.4 Å². The highest BCUT2D eigenvalue weighted by Crippen LogP contribution is 2.34. The Morgan fingerprint density at radius 1 is 1.10 bits per heavy atom. The van der Waals surface area contributed by atoms with E-state index in [2.05, 4.69) is 21.8 Å². The van der Waals surface area contributed by atoms with E-state index in [0.717, 1.165) is 63.6 Å². The summed E-state index contributed by atoms with van der Waals surface area (Å²) in [4.78, 5) is 25.3. The molecule has 0 aromatic carbocycles. The molecule has 2 aliphatic rings. The molecular weight excluding hydrogens is 380 g/mol. The van der Waals surface area contributed by atoms with Crippen LogP contribution in [0.15, 0.2) is 12.3 Å². The van der Waals surface area contributed by atoms with Gasteiger partial charge in [0.05, 0.1) is 6.61 Å². The zero-order chi connectivity index (χ0) is 21.6. The standard InChI is InChI=1S/C23H38N4O3/c1-5-6-17-29-21-24-12-7-20(25-21)26-13-8-18(9-14-26)19-10-15-27(16-11-19)22(28)30-23(2,3)4/h7,12,18-19H,5-6,8-11,13-17H2,1-4H3. The number of nitrogens with zero attached hydrogens (tertiary/aromatic N) is 4. The zero-order valence-electron chi connectivity index (χ0n) is 19.1. The topological polar surface area (TPSA) is 67.8 Å². The van der Waals surface area contributed by atoms with E-state index >= 15 is 0 Å². The number of ether oxygens (including phenoxy) is 2. The Kier molecular flexibility index (Phi) is 7.78. The molecule has 0 saturated carbocycles. The lowest BCUT2D eigenvalue weighted by Gasteiger charge is -2.40. The predicted octanol–water partition coefficient (Wildman–Crippen LogP) is 4.52. The third-order valence-corrected chi connectivity index (χ3v) is 6.07. The van der Waals surface area contributed by atoms with Crippen molar-refractivity contribution >= 4 is 11.9 Å². The predicted molar refractivity (Wildman–Crippen MR) is 118 cm³/mol. The first-order valence-electron chi connectivity index (χ1n) is 11.5. The Morgan fingerprint density at radius 2 is 1.73 bits per heavy atom. The lowest BCUT2D eigenvalue weighted by Crippen LogP contribution is -2.44. The van der Waals surface area contributed by atoms with E-state index < -0.39 is 5.60 Å². The summed E-state index contributed by atoms with van der Waals surface area (Å²) in [6.07, 6.45) is 8.24. The fourth-order valence-corrected chi connectivity index (χ4v) is 4.37. The molecule has 0 bridgehead atoms. The van der Waals surface area contributed by atoms with Crippen LogP contribution in [0.1, 0.15) is 66.2 Å². The van der Waals surface area contributed by atoms with Gasteiger partial charge in [-0.25, -0.2) is 9.78 Å². The molecule has 0 atom stereocenters. The fourth-order valence-electron chi connectivity index (χ4n) is 4.37. The maximum atomic E-state index is 12.3. The Bertz CT molecular complexity index is 675. The lowest BCUT2D eigenvalue weighted by molar-refractivity contribution is 0.0152. The van der Waals surface area contributed by atoms with Crippen molar-refractivity contribution in [2.45, 2.75) is 71.8 Å².